The van der Waals surface area contributed by atoms with Crippen molar-refractivity contribution in [1.29, 1.82) is 0 Å². The second-order valence-electron chi connectivity index (χ2n) is 3.71. The summed E-state index contributed by atoms with van der Waals surface area (Å²) in [6, 6.07) is 2.08. The van der Waals surface area contributed by atoms with E-state index in [1.165, 1.54) is 6.33 Å². The molecular formula is C11H10BrF2N5. The fourth-order valence-corrected chi connectivity index (χ4v) is 1.78. The highest BCUT2D eigenvalue weighted by Gasteiger charge is 2.11. The number of nitrogen functional groups attached to an aromatic ring is 1. The molecule has 1 aromatic carbocycles. The van der Waals surface area contributed by atoms with Gasteiger partial charge in [-0.15, -0.1) is 0 Å². The fourth-order valence-electron chi connectivity index (χ4n) is 1.47. The van der Waals surface area contributed by atoms with Gasteiger partial charge < -0.3 is 10.7 Å². The maximum Gasteiger partial charge on any atom is 0.148 e. The van der Waals surface area contributed by atoms with Crippen molar-refractivity contribution in [1.82, 2.24) is 9.97 Å². The van der Waals surface area contributed by atoms with Crippen LogP contribution in [0.4, 0.5) is 26.1 Å². The van der Waals surface area contributed by atoms with E-state index in [2.05, 4.69) is 36.6 Å². The van der Waals surface area contributed by atoms with E-state index in [0.717, 1.165) is 12.1 Å². The van der Waals surface area contributed by atoms with Crippen molar-refractivity contribution < 1.29 is 8.78 Å². The zero-order chi connectivity index (χ0) is 14.0. The van der Waals surface area contributed by atoms with E-state index >= 15 is 0 Å². The van der Waals surface area contributed by atoms with Gasteiger partial charge in [0, 0.05) is 11.6 Å². The summed E-state index contributed by atoms with van der Waals surface area (Å²) in [6.45, 7) is 1.70. The summed E-state index contributed by atoms with van der Waals surface area (Å²) >= 11 is 2.91. The SMILES string of the molecule is Cc1c(NN)ncnc1Nc1cc(F)c(Br)cc1F. The number of halogens is 3. The third-order valence-corrected chi connectivity index (χ3v) is 3.09. The molecule has 5 nitrogen and oxygen atoms in total. The van der Waals surface area contributed by atoms with Gasteiger partial charge in [0.2, 0.25) is 0 Å². The van der Waals surface area contributed by atoms with Crippen molar-refractivity contribution in [2.24, 2.45) is 5.84 Å². The molecule has 0 saturated carbocycles. The summed E-state index contributed by atoms with van der Waals surface area (Å²) in [7, 11) is 0. The van der Waals surface area contributed by atoms with Gasteiger partial charge in [-0.1, -0.05) is 0 Å². The Balaban J connectivity index is 2.39. The molecule has 1 aromatic heterocycles. The minimum absolute atomic E-state index is 0.0227. The fraction of sp³-hybridized carbons (Fsp3) is 0.0909. The van der Waals surface area contributed by atoms with E-state index in [1.54, 1.807) is 6.92 Å². The summed E-state index contributed by atoms with van der Waals surface area (Å²) in [6.07, 6.45) is 1.26. The molecule has 0 fully saturated rings. The predicted octanol–water partition coefficient (Wildman–Crippen LogP) is 2.85. The van der Waals surface area contributed by atoms with Gasteiger partial charge in [-0.3, -0.25) is 0 Å². The molecule has 100 valence electrons. The van der Waals surface area contributed by atoms with Crippen LogP contribution in [0.3, 0.4) is 0 Å². The number of nitrogens with two attached hydrogens (primary N) is 1. The van der Waals surface area contributed by atoms with Crippen LogP contribution in [0, 0.1) is 18.6 Å². The second-order valence-corrected chi connectivity index (χ2v) is 4.57. The first-order valence-electron chi connectivity index (χ1n) is 5.22. The molecule has 0 amide bonds. The Morgan fingerprint density at radius 1 is 1.16 bits per heavy atom. The highest BCUT2D eigenvalue weighted by Crippen LogP contribution is 2.27. The Kier molecular flexibility index (Phi) is 3.91. The summed E-state index contributed by atoms with van der Waals surface area (Å²) in [5.74, 6) is 4.83. The third-order valence-electron chi connectivity index (χ3n) is 2.48. The van der Waals surface area contributed by atoms with Crippen LogP contribution in [0.5, 0.6) is 0 Å². The third kappa shape index (κ3) is 2.79. The number of benzene rings is 1. The quantitative estimate of drug-likeness (QED) is 0.458. The molecule has 0 aliphatic heterocycles. The summed E-state index contributed by atoms with van der Waals surface area (Å²) in [5, 5.41) is 2.70. The molecule has 0 spiro atoms. The van der Waals surface area contributed by atoms with Gasteiger partial charge in [0.25, 0.3) is 0 Å². The summed E-state index contributed by atoms with van der Waals surface area (Å²) in [5.41, 5.74) is 2.96. The Hall–Kier alpha value is -1.80. The number of hydrogen-bond donors (Lipinski definition) is 3. The molecule has 0 atom stereocenters. The molecule has 4 N–H and O–H groups in total. The van der Waals surface area contributed by atoms with Crippen LogP contribution in [0.15, 0.2) is 22.9 Å². The van der Waals surface area contributed by atoms with E-state index in [0.29, 0.717) is 17.2 Å². The molecule has 0 bridgehead atoms. The average molecular weight is 330 g/mol. The number of nitrogens with one attached hydrogen (secondary N) is 2. The highest BCUT2D eigenvalue weighted by atomic mass is 79.9. The largest absolute Gasteiger partial charge is 0.337 e. The van der Waals surface area contributed by atoms with Gasteiger partial charge in [0.15, 0.2) is 0 Å². The summed E-state index contributed by atoms with van der Waals surface area (Å²) in [4.78, 5) is 7.85. The van der Waals surface area contributed by atoms with E-state index < -0.39 is 11.6 Å². The highest BCUT2D eigenvalue weighted by molar-refractivity contribution is 9.10. The Morgan fingerprint density at radius 3 is 2.53 bits per heavy atom. The molecule has 2 aromatic rings. The minimum atomic E-state index is -0.603. The molecule has 19 heavy (non-hydrogen) atoms. The lowest BCUT2D eigenvalue weighted by molar-refractivity contribution is 0.597. The number of aromatic nitrogens is 2. The zero-order valence-corrected chi connectivity index (χ0v) is 11.4. The molecule has 1 heterocycles. The van der Waals surface area contributed by atoms with Crippen LogP contribution in [0.2, 0.25) is 0 Å². The van der Waals surface area contributed by atoms with E-state index in [-0.39, 0.29) is 10.2 Å². The second kappa shape index (κ2) is 5.45. The van der Waals surface area contributed by atoms with Crippen LogP contribution in [-0.2, 0) is 0 Å². The monoisotopic (exact) mass is 329 g/mol. The first kappa shape index (κ1) is 13.6. The number of rotatable bonds is 3. The molecular weight excluding hydrogens is 320 g/mol. The molecule has 2 rings (SSSR count). The smallest absolute Gasteiger partial charge is 0.148 e. The van der Waals surface area contributed by atoms with Crippen molar-refractivity contribution >= 4 is 33.3 Å². The molecule has 0 aliphatic carbocycles. The maximum absolute atomic E-state index is 13.7. The number of nitrogens with zero attached hydrogens (tertiary/aromatic N) is 2. The maximum atomic E-state index is 13.7. The van der Waals surface area contributed by atoms with Crippen LogP contribution in [-0.4, -0.2) is 9.97 Å². The van der Waals surface area contributed by atoms with Gasteiger partial charge in [-0.2, -0.15) is 0 Å². The van der Waals surface area contributed by atoms with Crippen molar-refractivity contribution in [2.45, 2.75) is 6.92 Å². The Bertz CT molecular complexity index is 620. The van der Waals surface area contributed by atoms with Crippen LogP contribution in [0.1, 0.15) is 5.56 Å². The number of hydrazine groups is 1. The van der Waals surface area contributed by atoms with Crippen molar-refractivity contribution in [3.8, 4) is 0 Å². The Morgan fingerprint density at radius 2 is 1.84 bits per heavy atom. The normalized spacial score (nSPS) is 10.4. The standard InChI is InChI=1S/C11H10BrF2N5/c1-5-10(16-4-17-11(5)19-15)18-9-3-7(13)6(12)2-8(9)14/h2-4H,15H2,1H3,(H2,16,17,18,19). The lowest BCUT2D eigenvalue weighted by Crippen LogP contribution is -2.12. The van der Waals surface area contributed by atoms with E-state index in [9.17, 15) is 8.78 Å². The predicted molar refractivity (Wildman–Crippen MR) is 71.9 cm³/mol. The summed E-state index contributed by atoms with van der Waals surface area (Å²) < 4.78 is 27.1. The van der Waals surface area contributed by atoms with Crippen LogP contribution in [0.25, 0.3) is 0 Å². The van der Waals surface area contributed by atoms with Crippen LogP contribution >= 0.6 is 15.9 Å². The molecule has 0 radical (unpaired) electrons. The first-order chi connectivity index (χ1) is 9.02. The lowest BCUT2D eigenvalue weighted by Gasteiger charge is -2.11. The van der Waals surface area contributed by atoms with Crippen molar-refractivity contribution in [2.75, 3.05) is 10.7 Å². The first-order valence-corrected chi connectivity index (χ1v) is 6.02. The minimum Gasteiger partial charge on any atom is -0.337 e. The van der Waals surface area contributed by atoms with Gasteiger partial charge in [0.05, 0.1) is 10.2 Å². The van der Waals surface area contributed by atoms with Gasteiger partial charge in [-0.05, 0) is 28.9 Å². The molecule has 8 heteroatoms. The van der Waals surface area contributed by atoms with Gasteiger partial charge in [-0.25, -0.2) is 24.6 Å². The van der Waals surface area contributed by atoms with Crippen molar-refractivity contribution in [3.05, 3.63) is 40.1 Å². The average Bonchev–Trinajstić information content (AvgIpc) is 2.38. The number of anilines is 3. The van der Waals surface area contributed by atoms with E-state index in [1.807, 2.05) is 0 Å². The van der Waals surface area contributed by atoms with E-state index in [4.69, 9.17) is 5.84 Å². The van der Waals surface area contributed by atoms with Gasteiger partial charge >= 0.3 is 0 Å². The van der Waals surface area contributed by atoms with Crippen molar-refractivity contribution in [3.63, 3.8) is 0 Å². The number of hydrogen-bond acceptors (Lipinski definition) is 5. The van der Waals surface area contributed by atoms with Gasteiger partial charge in [0.1, 0.15) is 29.6 Å². The van der Waals surface area contributed by atoms with Crippen LogP contribution < -0.4 is 16.6 Å². The topological polar surface area (TPSA) is 75.9 Å². The molecule has 0 unspecified atom stereocenters. The zero-order valence-electron chi connectivity index (χ0n) is 9.84. The Labute approximate surface area is 116 Å². The molecule has 0 aliphatic rings. The molecule has 0 saturated heterocycles. The lowest BCUT2D eigenvalue weighted by atomic mass is 10.2.